The predicted molar refractivity (Wildman–Crippen MR) is 84.4 cm³/mol. The molecule has 102 valence electrons. The lowest BCUT2D eigenvalue weighted by atomic mass is 9.99. The van der Waals surface area contributed by atoms with Crippen LogP contribution >= 0.6 is 27.3 Å². The van der Waals surface area contributed by atoms with E-state index in [1.165, 1.54) is 11.3 Å². The summed E-state index contributed by atoms with van der Waals surface area (Å²) in [7, 11) is 1.61. The highest BCUT2D eigenvalue weighted by Crippen LogP contribution is 2.37. The van der Waals surface area contributed by atoms with Crippen LogP contribution in [0.15, 0.2) is 46.4 Å². The summed E-state index contributed by atoms with van der Waals surface area (Å²) in [6.07, 6.45) is -0.799. The number of fused-ring (bicyclic) bond motifs is 1. The molecular formula is C15H12BrNO2S. The van der Waals surface area contributed by atoms with Crippen molar-refractivity contribution in [2.45, 2.75) is 6.10 Å². The minimum absolute atomic E-state index is 0.645. The highest BCUT2D eigenvalue weighted by molar-refractivity contribution is 9.10. The molecule has 0 spiro atoms. The van der Waals surface area contributed by atoms with Crippen molar-refractivity contribution in [3.05, 3.63) is 57.0 Å². The topological polar surface area (TPSA) is 42.4 Å². The molecule has 1 aromatic heterocycles. The molecule has 1 heterocycles. The Morgan fingerprint density at radius 3 is 2.75 bits per heavy atom. The molecule has 0 aliphatic rings. The van der Waals surface area contributed by atoms with Crippen molar-refractivity contribution in [3.8, 4) is 5.75 Å². The van der Waals surface area contributed by atoms with Crippen molar-refractivity contribution in [2.24, 2.45) is 0 Å². The van der Waals surface area contributed by atoms with Crippen molar-refractivity contribution in [2.75, 3.05) is 7.11 Å². The number of ether oxygens (including phenoxy) is 1. The molecule has 1 atom stereocenters. The van der Waals surface area contributed by atoms with Gasteiger partial charge in [-0.1, -0.05) is 30.3 Å². The van der Waals surface area contributed by atoms with Gasteiger partial charge in [-0.3, -0.25) is 0 Å². The fraction of sp³-hybridized carbons (Fsp3) is 0.133. The molecule has 20 heavy (non-hydrogen) atoms. The zero-order valence-corrected chi connectivity index (χ0v) is 13.1. The molecule has 0 aliphatic carbocycles. The average Bonchev–Trinajstić information content (AvgIpc) is 2.92. The highest BCUT2D eigenvalue weighted by atomic mass is 79.9. The van der Waals surface area contributed by atoms with Gasteiger partial charge in [-0.25, -0.2) is 4.98 Å². The number of halogens is 1. The first-order chi connectivity index (χ1) is 9.70. The Balaban J connectivity index is 2.22. The second kappa shape index (κ2) is 5.52. The van der Waals surface area contributed by atoms with Gasteiger partial charge < -0.3 is 9.84 Å². The van der Waals surface area contributed by atoms with Crippen LogP contribution in [-0.4, -0.2) is 17.2 Å². The summed E-state index contributed by atoms with van der Waals surface area (Å²) in [5.74, 6) is 0.669. The van der Waals surface area contributed by atoms with Crippen LogP contribution in [0.2, 0.25) is 0 Å². The summed E-state index contributed by atoms with van der Waals surface area (Å²) in [5, 5.41) is 15.2. The van der Waals surface area contributed by atoms with Gasteiger partial charge in [0.15, 0.2) is 0 Å². The summed E-state index contributed by atoms with van der Waals surface area (Å²) < 4.78 is 6.14. The Bertz CT molecular complexity index is 756. The quantitative estimate of drug-likeness (QED) is 0.772. The van der Waals surface area contributed by atoms with Crippen LogP contribution in [0.5, 0.6) is 5.75 Å². The molecule has 1 unspecified atom stereocenters. The van der Waals surface area contributed by atoms with Gasteiger partial charge in [-0.2, -0.15) is 0 Å². The van der Waals surface area contributed by atoms with Crippen LogP contribution in [0.3, 0.4) is 0 Å². The number of aliphatic hydroxyl groups is 1. The molecule has 3 aromatic rings. The Hall–Kier alpha value is -1.43. The first-order valence-corrected chi connectivity index (χ1v) is 7.72. The normalized spacial score (nSPS) is 12.6. The number of nitrogens with zero attached hydrogens (tertiary/aromatic N) is 1. The van der Waals surface area contributed by atoms with Gasteiger partial charge in [0, 0.05) is 10.9 Å². The van der Waals surface area contributed by atoms with Crippen molar-refractivity contribution in [1.29, 1.82) is 0 Å². The molecular weight excluding hydrogens is 338 g/mol. The second-order valence-electron chi connectivity index (χ2n) is 4.31. The van der Waals surface area contributed by atoms with E-state index in [0.29, 0.717) is 10.8 Å². The molecule has 5 heteroatoms. The molecule has 3 nitrogen and oxygen atoms in total. The van der Waals surface area contributed by atoms with Gasteiger partial charge in [-0.05, 0) is 32.8 Å². The smallest absolute Gasteiger partial charge is 0.135 e. The van der Waals surface area contributed by atoms with Crippen LogP contribution in [0, 0.1) is 0 Å². The van der Waals surface area contributed by atoms with E-state index in [0.717, 1.165) is 20.9 Å². The van der Waals surface area contributed by atoms with Crippen molar-refractivity contribution in [1.82, 2.24) is 4.98 Å². The SMILES string of the molecule is COc1ccc2ccccc2c1C(O)c1nc(Br)cs1. The van der Waals surface area contributed by atoms with E-state index in [9.17, 15) is 5.11 Å². The molecule has 0 bridgehead atoms. The molecule has 0 radical (unpaired) electrons. The van der Waals surface area contributed by atoms with Crippen LogP contribution in [0.1, 0.15) is 16.7 Å². The minimum atomic E-state index is -0.799. The van der Waals surface area contributed by atoms with E-state index in [2.05, 4.69) is 20.9 Å². The maximum absolute atomic E-state index is 10.7. The van der Waals surface area contributed by atoms with Gasteiger partial charge in [-0.15, -0.1) is 11.3 Å². The van der Waals surface area contributed by atoms with Crippen molar-refractivity contribution < 1.29 is 9.84 Å². The first-order valence-electron chi connectivity index (χ1n) is 6.05. The molecule has 3 rings (SSSR count). The maximum Gasteiger partial charge on any atom is 0.135 e. The predicted octanol–water partition coefficient (Wildman–Crippen LogP) is 4.15. The number of rotatable bonds is 3. The van der Waals surface area contributed by atoms with E-state index >= 15 is 0 Å². The van der Waals surface area contributed by atoms with Gasteiger partial charge >= 0.3 is 0 Å². The summed E-state index contributed by atoms with van der Waals surface area (Å²) in [4.78, 5) is 4.30. The zero-order chi connectivity index (χ0) is 14.1. The largest absolute Gasteiger partial charge is 0.496 e. The Labute approximate surface area is 129 Å². The van der Waals surface area contributed by atoms with E-state index in [1.54, 1.807) is 7.11 Å². The highest BCUT2D eigenvalue weighted by Gasteiger charge is 2.21. The second-order valence-corrected chi connectivity index (χ2v) is 6.02. The number of hydrogen-bond acceptors (Lipinski definition) is 4. The lowest BCUT2D eigenvalue weighted by Crippen LogP contribution is -2.03. The van der Waals surface area contributed by atoms with Crippen LogP contribution in [0.4, 0.5) is 0 Å². The summed E-state index contributed by atoms with van der Waals surface area (Å²) in [6.45, 7) is 0. The molecule has 0 saturated heterocycles. The number of methoxy groups -OCH3 is 1. The van der Waals surface area contributed by atoms with Gasteiger partial charge in [0.05, 0.1) is 7.11 Å². The van der Waals surface area contributed by atoms with Gasteiger partial charge in [0.25, 0.3) is 0 Å². The molecule has 1 N–H and O–H groups in total. The van der Waals surface area contributed by atoms with Gasteiger partial charge in [0.1, 0.15) is 21.5 Å². The van der Waals surface area contributed by atoms with Crippen LogP contribution < -0.4 is 4.74 Å². The third-order valence-corrected chi connectivity index (χ3v) is 4.76. The third kappa shape index (κ3) is 2.32. The summed E-state index contributed by atoms with van der Waals surface area (Å²) in [6, 6.07) is 11.8. The molecule has 0 amide bonds. The number of aromatic nitrogens is 1. The standard InChI is InChI=1S/C15H12BrNO2S/c1-19-11-7-6-9-4-2-3-5-10(9)13(11)14(18)15-17-12(16)8-20-15/h2-8,14,18H,1H3. The third-order valence-electron chi connectivity index (χ3n) is 3.15. The molecule has 0 fully saturated rings. The molecule has 0 saturated carbocycles. The minimum Gasteiger partial charge on any atom is -0.496 e. The Morgan fingerprint density at radius 2 is 2.05 bits per heavy atom. The summed E-state index contributed by atoms with van der Waals surface area (Å²) >= 11 is 4.73. The van der Waals surface area contributed by atoms with E-state index in [1.807, 2.05) is 41.8 Å². The number of hydrogen-bond donors (Lipinski definition) is 1. The fourth-order valence-electron chi connectivity index (χ4n) is 2.25. The van der Waals surface area contributed by atoms with E-state index in [-0.39, 0.29) is 0 Å². The Kier molecular flexibility index (Phi) is 3.74. The van der Waals surface area contributed by atoms with E-state index in [4.69, 9.17) is 4.74 Å². The lowest BCUT2D eigenvalue weighted by molar-refractivity contribution is 0.216. The Morgan fingerprint density at radius 1 is 1.25 bits per heavy atom. The zero-order valence-electron chi connectivity index (χ0n) is 10.7. The maximum atomic E-state index is 10.7. The summed E-state index contributed by atoms with van der Waals surface area (Å²) in [5.41, 5.74) is 0.757. The fourth-order valence-corrected chi connectivity index (χ4v) is 3.51. The van der Waals surface area contributed by atoms with Crippen LogP contribution in [0.25, 0.3) is 10.8 Å². The lowest BCUT2D eigenvalue weighted by Gasteiger charge is -2.15. The van der Waals surface area contributed by atoms with Crippen molar-refractivity contribution in [3.63, 3.8) is 0 Å². The number of thiazole rings is 1. The number of aliphatic hydroxyl groups excluding tert-OH is 1. The van der Waals surface area contributed by atoms with Gasteiger partial charge in [0.2, 0.25) is 0 Å². The average molecular weight is 350 g/mol. The van der Waals surface area contributed by atoms with Crippen molar-refractivity contribution >= 4 is 38.0 Å². The van der Waals surface area contributed by atoms with Crippen LogP contribution in [-0.2, 0) is 0 Å². The molecule has 0 aliphatic heterocycles. The number of benzene rings is 2. The molecule has 2 aromatic carbocycles. The van der Waals surface area contributed by atoms with E-state index < -0.39 is 6.10 Å². The monoisotopic (exact) mass is 349 g/mol. The first kappa shape index (κ1) is 13.5.